The Balaban J connectivity index is 3.97. The van der Waals surface area contributed by atoms with Crippen LogP contribution in [0.4, 0.5) is 0 Å². The van der Waals surface area contributed by atoms with Crippen molar-refractivity contribution in [2.75, 3.05) is 13.1 Å². The van der Waals surface area contributed by atoms with Gasteiger partial charge in [-0.15, -0.1) is 0 Å². The highest BCUT2D eigenvalue weighted by atomic mass is 16.3. The third-order valence-electron chi connectivity index (χ3n) is 2.58. The van der Waals surface area contributed by atoms with Gasteiger partial charge in [0.15, 0.2) is 0 Å². The van der Waals surface area contributed by atoms with E-state index < -0.39 is 5.60 Å². The highest BCUT2D eigenvalue weighted by Gasteiger charge is 2.23. The number of nitrogens with one attached hydrogen (secondary N) is 2. The monoisotopic (exact) mass is 244 g/mol. The summed E-state index contributed by atoms with van der Waals surface area (Å²) in [4.78, 5) is 11.6. The number of rotatable bonds is 8. The molecule has 0 aromatic heterocycles. The van der Waals surface area contributed by atoms with Crippen molar-refractivity contribution in [2.24, 2.45) is 5.92 Å². The average molecular weight is 244 g/mol. The van der Waals surface area contributed by atoms with Gasteiger partial charge in [0.25, 0.3) is 0 Å². The van der Waals surface area contributed by atoms with Crippen molar-refractivity contribution < 1.29 is 9.90 Å². The Bertz CT molecular complexity index is 227. The standard InChI is InChI=1S/C13H28N2O2/c1-6-7-14-12(16)11(4)15-9-13(5,17)8-10(2)3/h10-11,15,17H,6-9H2,1-5H3,(H,14,16). The zero-order chi connectivity index (χ0) is 13.5. The van der Waals surface area contributed by atoms with E-state index in [1.807, 2.05) is 13.8 Å². The summed E-state index contributed by atoms with van der Waals surface area (Å²) < 4.78 is 0. The fourth-order valence-electron chi connectivity index (χ4n) is 1.82. The SMILES string of the molecule is CCCNC(=O)C(C)NCC(C)(O)CC(C)C. The molecule has 0 aromatic rings. The van der Waals surface area contributed by atoms with Crippen LogP contribution in [0.1, 0.15) is 47.5 Å². The zero-order valence-corrected chi connectivity index (χ0v) is 11.8. The van der Waals surface area contributed by atoms with Gasteiger partial charge in [-0.1, -0.05) is 20.8 Å². The maximum absolute atomic E-state index is 11.6. The van der Waals surface area contributed by atoms with Crippen LogP contribution in [0.15, 0.2) is 0 Å². The molecule has 0 rings (SSSR count). The first-order valence-electron chi connectivity index (χ1n) is 6.52. The molecule has 0 aliphatic rings. The second-order valence-corrected chi connectivity index (χ2v) is 5.49. The Kier molecular flexibility index (Phi) is 7.39. The predicted molar refractivity (Wildman–Crippen MR) is 70.8 cm³/mol. The molecule has 0 aliphatic heterocycles. The molecular weight excluding hydrogens is 216 g/mol. The fraction of sp³-hybridized carbons (Fsp3) is 0.923. The molecule has 0 aliphatic carbocycles. The van der Waals surface area contributed by atoms with E-state index in [-0.39, 0.29) is 11.9 Å². The topological polar surface area (TPSA) is 61.4 Å². The minimum Gasteiger partial charge on any atom is -0.389 e. The average Bonchev–Trinajstić information content (AvgIpc) is 2.20. The van der Waals surface area contributed by atoms with Gasteiger partial charge in [-0.25, -0.2) is 0 Å². The molecule has 0 saturated heterocycles. The summed E-state index contributed by atoms with van der Waals surface area (Å²) in [6, 6.07) is -0.264. The van der Waals surface area contributed by atoms with Crippen LogP contribution in [-0.2, 0) is 4.79 Å². The first-order valence-corrected chi connectivity index (χ1v) is 6.52. The summed E-state index contributed by atoms with van der Waals surface area (Å²) >= 11 is 0. The largest absolute Gasteiger partial charge is 0.389 e. The predicted octanol–water partition coefficient (Wildman–Crippen LogP) is 1.29. The molecule has 2 unspecified atom stereocenters. The molecule has 1 amide bonds. The third-order valence-corrected chi connectivity index (χ3v) is 2.58. The Hall–Kier alpha value is -0.610. The van der Waals surface area contributed by atoms with E-state index in [1.54, 1.807) is 6.92 Å². The Morgan fingerprint density at radius 1 is 1.35 bits per heavy atom. The van der Waals surface area contributed by atoms with Crippen molar-refractivity contribution in [1.29, 1.82) is 0 Å². The van der Waals surface area contributed by atoms with Crippen LogP contribution in [0.5, 0.6) is 0 Å². The van der Waals surface area contributed by atoms with Crippen molar-refractivity contribution in [1.82, 2.24) is 10.6 Å². The molecule has 3 N–H and O–H groups in total. The number of aliphatic hydroxyl groups is 1. The van der Waals surface area contributed by atoms with Crippen molar-refractivity contribution in [3.63, 3.8) is 0 Å². The number of hydrogen-bond donors (Lipinski definition) is 3. The van der Waals surface area contributed by atoms with Crippen LogP contribution >= 0.6 is 0 Å². The van der Waals surface area contributed by atoms with Gasteiger partial charge < -0.3 is 15.7 Å². The van der Waals surface area contributed by atoms with Crippen molar-refractivity contribution in [2.45, 2.75) is 59.1 Å². The lowest BCUT2D eigenvalue weighted by Crippen LogP contribution is -2.48. The molecule has 2 atom stereocenters. The lowest BCUT2D eigenvalue weighted by atomic mass is 9.94. The molecule has 102 valence electrons. The summed E-state index contributed by atoms with van der Waals surface area (Å²) in [6.07, 6.45) is 1.66. The number of amides is 1. The summed E-state index contributed by atoms with van der Waals surface area (Å²) in [5.41, 5.74) is -0.756. The van der Waals surface area contributed by atoms with Gasteiger partial charge in [0.1, 0.15) is 0 Å². The van der Waals surface area contributed by atoms with E-state index in [0.29, 0.717) is 19.0 Å². The molecular formula is C13H28N2O2. The van der Waals surface area contributed by atoms with Gasteiger partial charge in [-0.05, 0) is 32.6 Å². The van der Waals surface area contributed by atoms with E-state index in [0.717, 1.165) is 12.8 Å². The van der Waals surface area contributed by atoms with Gasteiger partial charge >= 0.3 is 0 Å². The van der Waals surface area contributed by atoms with E-state index in [4.69, 9.17) is 0 Å². The van der Waals surface area contributed by atoms with Crippen LogP contribution in [0.25, 0.3) is 0 Å². The van der Waals surface area contributed by atoms with E-state index >= 15 is 0 Å². The molecule has 0 saturated carbocycles. The fourth-order valence-corrected chi connectivity index (χ4v) is 1.82. The van der Waals surface area contributed by atoms with Crippen molar-refractivity contribution in [3.05, 3.63) is 0 Å². The first kappa shape index (κ1) is 16.4. The second-order valence-electron chi connectivity index (χ2n) is 5.49. The van der Waals surface area contributed by atoms with Crippen LogP contribution in [0, 0.1) is 5.92 Å². The summed E-state index contributed by atoms with van der Waals surface area (Å²) in [5, 5.41) is 16.0. The molecule has 17 heavy (non-hydrogen) atoms. The molecule has 4 nitrogen and oxygen atoms in total. The molecule has 0 fully saturated rings. The molecule has 4 heteroatoms. The van der Waals surface area contributed by atoms with Crippen LogP contribution < -0.4 is 10.6 Å². The second kappa shape index (κ2) is 7.67. The lowest BCUT2D eigenvalue weighted by Gasteiger charge is -2.27. The van der Waals surface area contributed by atoms with E-state index in [1.165, 1.54) is 0 Å². The highest BCUT2D eigenvalue weighted by Crippen LogP contribution is 2.15. The lowest BCUT2D eigenvalue weighted by molar-refractivity contribution is -0.123. The molecule has 0 heterocycles. The number of carbonyl (C=O) groups is 1. The summed E-state index contributed by atoms with van der Waals surface area (Å²) in [5.74, 6) is 0.434. The Morgan fingerprint density at radius 3 is 2.41 bits per heavy atom. The number of hydrogen-bond acceptors (Lipinski definition) is 3. The van der Waals surface area contributed by atoms with Crippen LogP contribution in [0.2, 0.25) is 0 Å². The van der Waals surface area contributed by atoms with Crippen molar-refractivity contribution in [3.8, 4) is 0 Å². The van der Waals surface area contributed by atoms with E-state index in [2.05, 4.69) is 24.5 Å². The molecule has 0 spiro atoms. The highest BCUT2D eigenvalue weighted by molar-refractivity contribution is 5.81. The summed E-state index contributed by atoms with van der Waals surface area (Å²) in [7, 11) is 0. The van der Waals surface area contributed by atoms with Gasteiger partial charge in [0.2, 0.25) is 5.91 Å². The van der Waals surface area contributed by atoms with Crippen LogP contribution in [0.3, 0.4) is 0 Å². The summed E-state index contributed by atoms with van der Waals surface area (Å²) in [6.45, 7) is 10.9. The maximum Gasteiger partial charge on any atom is 0.236 e. The molecule has 0 radical (unpaired) electrons. The normalized spacial score (nSPS) is 16.6. The van der Waals surface area contributed by atoms with Gasteiger partial charge in [-0.2, -0.15) is 0 Å². The van der Waals surface area contributed by atoms with Crippen LogP contribution in [-0.4, -0.2) is 35.7 Å². The third kappa shape index (κ3) is 8.16. The van der Waals surface area contributed by atoms with Gasteiger partial charge in [0, 0.05) is 13.1 Å². The van der Waals surface area contributed by atoms with Crippen molar-refractivity contribution >= 4 is 5.91 Å². The first-order chi connectivity index (χ1) is 7.78. The Labute approximate surface area is 105 Å². The smallest absolute Gasteiger partial charge is 0.236 e. The Morgan fingerprint density at radius 2 is 1.94 bits per heavy atom. The van der Waals surface area contributed by atoms with Gasteiger partial charge in [0.05, 0.1) is 11.6 Å². The van der Waals surface area contributed by atoms with Gasteiger partial charge in [-0.3, -0.25) is 4.79 Å². The molecule has 0 aromatic carbocycles. The number of carbonyl (C=O) groups excluding carboxylic acids is 1. The zero-order valence-electron chi connectivity index (χ0n) is 11.8. The molecule has 0 bridgehead atoms. The minimum atomic E-state index is -0.756. The maximum atomic E-state index is 11.6. The minimum absolute atomic E-state index is 0.00723. The quantitative estimate of drug-likeness (QED) is 0.603. The van der Waals surface area contributed by atoms with E-state index in [9.17, 15) is 9.90 Å².